The number of carbonyl (C=O) groups is 1. The summed E-state index contributed by atoms with van der Waals surface area (Å²) in [6.07, 6.45) is 4.67. The van der Waals surface area contributed by atoms with Gasteiger partial charge in [-0.2, -0.15) is 0 Å². The van der Waals surface area contributed by atoms with E-state index in [2.05, 4.69) is 9.97 Å². The van der Waals surface area contributed by atoms with Crippen molar-refractivity contribution in [3.05, 3.63) is 54.0 Å². The first kappa shape index (κ1) is 13.2. The van der Waals surface area contributed by atoms with Crippen LogP contribution in [0.1, 0.15) is 11.3 Å². The van der Waals surface area contributed by atoms with Gasteiger partial charge in [-0.05, 0) is 25.1 Å². The molecule has 0 atom stereocenters. The number of hydrogen-bond acceptors (Lipinski definition) is 3. The number of halogens is 1. The summed E-state index contributed by atoms with van der Waals surface area (Å²) in [7, 11) is 0. The molecular formula is C15H12FN3O2. The maximum atomic E-state index is 13.6. The maximum Gasteiger partial charge on any atom is 0.307 e. The first-order chi connectivity index (χ1) is 10.1. The molecule has 0 aliphatic rings. The molecule has 0 bridgehead atoms. The summed E-state index contributed by atoms with van der Waals surface area (Å²) in [4.78, 5) is 19.5. The maximum absolute atomic E-state index is 13.6. The summed E-state index contributed by atoms with van der Waals surface area (Å²) >= 11 is 0. The van der Waals surface area contributed by atoms with Gasteiger partial charge in [0.15, 0.2) is 0 Å². The number of benzene rings is 1. The van der Waals surface area contributed by atoms with E-state index in [1.165, 1.54) is 12.1 Å². The first-order valence-corrected chi connectivity index (χ1v) is 6.35. The van der Waals surface area contributed by atoms with E-state index in [4.69, 9.17) is 5.11 Å². The SMILES string of the molecule is Cc1nc2ccc(F)cc2c(-n2ccnc2)c1CC(=O)O. The minimum atomic E-state index is -0.961. The van der Waals surface area contributed by atoms with E-state index in [-0.39, 0.29) is 6.42 Å². The Kier molecular flexibility index (Phi) is 3.13. The third-order valence-electron chi connectivity index (χ3n) is 3.32. The number of nitrogens with zero attached hydrogens (tertiary/aromatic N) is 3. The molecule has 0 aliphatic heterocycles. The zero-order chi connectivity index (χ0) is 15.0. The van der Waals surface area contributed by atoms with Gasteiger partial charge in [-0.3, -0.25) is 9.78 Å². The molecule has 0 spiro atoms. The molecule has 2 heterocycles. The van der Waals surface area contributed by atoms with Crippen LogP contribution in [-0.2, 0) is 11.2 Å². The van der Waals surface area contributed by atoms with Crippen LogP contribution in [0.15, 0.2) is 36.9 Å². The van der Waals surface area contributed by atoms with Crippen molar-refractivity contribution in [3.63, 3.8) is 0 Å². The number of pyridine rings is 1. The molecule has 2 aromatic heterocycles. The van der Waals surface area contributed by atoms with Crippen molar-refractivity contribution in [3.8, 4) is 5.69 Å². The van der Waals surface area contributed by atoms with Crippen molar-refractivity contribution < 1.29 is 14.3 Å². The lowest BCUT2D eigenvalue weighted by Gasteiger charge is -2.15. The average Bonchev–Trinajstić information content (AvgIpc) is 2.93. The van der Waals surface area contributed by atoms with Crippen molar-refractivity contribution >= 4 is 16.9 Å². The van der Waals surface area contributed by atoms with Crippen LogP contribution < -0.4 is 0 Å². The van der Waals surface area contributed by atoms with Crippen LogP contribution in [0.2, 0.25) is 0 Å². The predicted molar refractivity (Wildman–Crippen MR) is 74.9 cm³/mol. The molecule has 0 saturated carbocycles. The molecule has 5 nitrogen and oxygen atoms in total. The second-order valence-corrected chi connectivity index (χ2v) is 4.73. The lowest BCUT2D eigenvalue weighted by Crippen LogP contribution is -2.09. The first-order valence-electron chi connectivity index (χ1n) is 6.35. The average molecular weight is 285 g/mol. The fraction of sp³-hybridized carbons (Fsp3) is 0.133. The number of aliphatic carboxylic acids is 1. The van der Waals surface area contributed by atoms with Gasteiger partial charge in [-0.15, -0.1) is 0 Å². The topological polar surface area (TPSA) is 68.0 Å². The Morgan fingerprint density at radius 2 is 2.24 bits per heavy atom. The molecule has 1 N–H and O–H groups in total. The van der Waals surface area contributed by atoms with Crippen molar-refractivity contribution in [1.82, 2.24) is 14.5 Å². The van der Waals surface area contributed by atoms with Gasteiger partial charge in [0, 0.05) is 29.0 Å². The predicted octanol–water partition coefficient (Wildman–Crippen LogP) is 2.50. The lowest BCUT2D eigenvalue weighted by molar-refractivity contribution is -0.136. The molecule has 0 saturated heterocycles. The van der Waals surface area contributed by atoms with Crippen molar-refractivity contribution in [2.24, 2.45) is 0 Å². The zero-order valence-electron chi connectivity index (χ0n) is 11.2. The van der Waals surface area contributed by atoms with E-state index in [0.29, 0.717) is 27.8 Å². The van der Waals surface area contributed by atoms with E-state index >= 15 is 0 Å². The van der Waals surface area contributed by atoms with Crippen LogP contribution in [0.3, 0.4) is 0 Å². The van der Waals surface area contributed by atoms with E-state index in [1.807, 2.05) is 0 Å². The molecule has 0 fully saturated rings. The van der Waals surface area contributed by atoms with Crippen LogP contribution in [0.5, 0.6) is 0 Å². The molecule has 3 aromatic rings. The van der Waals surface area contributed by atoms with E-state index < -0.39 is 11.8 Å². The van der Waals surface area contributed by atoms with Gasteiger partial charge in [0.25, 0.3) is 0 Å². The second-order valence-electron chi connectivity index (χ2n) is 4.73. The van der Waals surface area contributed by atoms with Gasteiger partial charge in [0.2, 0.25) is 0 Å². The summed E-state index contributed by atoms with van der Waals surface area (Å²) in [5.74, 6) is -1.35. The molecule has 106 valence electrons. The number of imidazole rings is 1. The highest BCUT2D eigenvalue weighted by Crippen LogP contribution is 2.28. The summed E-state index contributed by atoms with van der Waals surface area (Å²) in [6, 6.07) is 4.29. The van der Waals surface area contributed by atoms with Crippen LogP contribution in [0.4, 0.5) is 4.39 Å². The molecule has 0 unspecified atom stereocenters. The molecule has 0 amide bonds. The van der Waals surface area contributed by atoms with E-state index in [1.54, 1.807) is 36.3 Å². The van der Waals surface area contributed by atoms with Crippen LogP contribution in [0, 0.1) is 12.7 Å². The van der Waals surface area contributed by atoms with Crippen LogP contribution in [0.25, 0.3) is 16.6 Å². The summed E-state index contributed by atoms with van der Waals surface area (Å²) < 4.78 is 15.3. The number of hydrogen-bond donors (Lipinski definition) is 1. The Hall–Kier alpha value is -2.76. The van der Waals surface area contributed by atoms with Crippen LogP contribution >= 0.6 is 0 Å². The monoisotopic (exact) mass is 285 g/mol. The molecule has 1 aromatic carbocycles. The van der Waals surface area contributed by atoms with Crippen molar-refractivity contribution in [2.45, 2.75) is 13.3 Å². The molecule has 6 heteroatoms. The van der Waals surface area contributed by atoms with Crippen molar-refractivity contribution in [2.75, 3.05) is 0 Å². The number of fused-ring (bicyclic) bond motifs is 1. The Balaban J connectivity index is 2.41. The highest BCUT2D eigenvalue weighted by molar-refractivity contribution is 5.90. The fourth-order valence-corrected chi connectivity index (χ4v) is 2.43. The molecule has 21 heavy (non-hydrogen) atoms. The van der Waals surface area contributed by atoms with Crippen LogP contribution in [-0.4, -0.2) is 25.6 Å². The Bertz CT molecular complexity index is 829. The van der Waals surface area contributed by atoms with Gasteiger partial charge < -0.3 is 9.67 Å². The number of carboxylic acid groups (broad SMARTS) is 1. The quantitative estimate of drug-likeness (QED) is 0.802. The normalized spacial score (nSPS) is 11.0. The third kappa shape index (κ3) is 2.35. The lowest BCUT2D eigenvalue weighted by atomic mass is 10.0. The number of carboxylic acids is 1. The Morgan fingerprint density at radius 1 is 1.43 bits per heavy atom. The summed E-state index contributed by atoms with van der Waals surface area (Å²) in [5.41, 5.74) is 2.39. The molecular weight excluding hydrogens is 273 g/mol. The number of rotatable bonds is 3. The third-order valence-corrected chi connectivity index (χ3v) is 3.32. The highest BCUT2D eigenvalue weighted by Gasteiger charge is 2.17. The number of aryl methyl sites for hydroxylation is 1. The van der Waals surface area contributed by atoms with Gasteiger partial charge in [-0.1, -0.05) is 0 Å². The Labute approximate surface area is 119 Å². The summed E-state index contributed by atoms with van der Waals surface area (Å²) in [5, 5.41) is 9.68. The molecule has 3 rings (SSSR count). The van der Waals surface area contributed by atoms with Gasteiger partial charge in [-0.25, -0.2) is 9.37 Å². The standard InChI is InChI=1S/C15H12FN3O2/c1-9-11(7-14(20)21)15(19-5-4-17-8-19)12-6-10(16)2-3-13(12)18-9/h2-6,8H,7H2,1H3,(H,20,21). The largest absolute Gasteiger partial charge is 0.481 e. The zero-order valence-corrected chi connectivity index (χ0v) is 11.2. The highest BCUT2D eigenvalue weighted by atomic mass is 19.1. The summed E-state index contributed by atoms with van der Waals surface area (Å²) in [6.45, 7) is 1.75. The van der Waals surface area contributed by atoms with Gasteiger partial charge in [0.1, 0.15) is 5.82 Å². The smallest absolute Gasteiger partial charge is 0.307 e. The van der Waals surface area contributed by atoms with E-state index in [9.17, 15) is 9.18 Å². The molecule has 0 aliphatic carbocycles. The Morgan fingerprint density at radius 3 is 2.90 bits per heavy atom. The van der Waals surface area contributed by atoms with Crippen molar-refractivity contribution in [1.29, 1.82) is 0 Å². The van der Waals surface area contributed by atoms with E-state index in [0.717, 1.165) is 0 Å². The van der Waals surface area contributed by atoms with Gasteiger partial charge >= 0.3 is 5.97 Å². The second kappa shape index (κ2) is 4.97. The minimum absolute atomic E-state index is 0.182. The number of aromatic nitrogens is 3. The minimum Gasteiger partial charge on any atom is -0.481 e. The fourth-order valence-electron chi connectivity index (χ4n) is 2.43. The molecule has 0 radical (unpaired) electrons. The van der Waals surface area contributed by atoms with Gasteiger partial charge in [0.05, 0.1) is 24.0 Å².